The Labute approximate surface area is 124 Å². The van der Waals surface area contributed by atoms with E-state index in [1.807, 2.05) is 6.07 Å². The average Bonchev–Trinajstić information content (AvgIpc) is 2.49. The maximum atomic E-state index is 11.9. The minimum Gasteiger partial charge on any atom is -0.481 e. The van der Waals surface area contributed by atoms with Crippen LogP contribution in [-0.4, -0.2) is 29.7 Å². The number of carbonyl (C=O) groups is 2. The molecule has 0 radical (unpaired) electrons. The smallest absolute Gasteiger partial charge is 0.315 e. The van der Waals surface area contributed by atoms with E-state index < -0.39 is 11.9 Å². The second-order valence-corrected chi connectivity index (χ2v) is 5.49. The van der Waals surface area contributed by atoms with Gasteiger partial charge in [-0.15, -0.1) is 0 Å². The number of carboxylic acids is 1. The number of amides is 2. The summed E-state index contributed by atoms with van der Waals surface area (Å²) in [6.45, 7) is 0.0951. The molecule has 1 saturated carbocycles. The van der Waals surface area contributed by atoms with Crippen LogP contribution >= 0.6 is 0 Å². The molecule has 1 aliphatic carbocycles. The first-order chi connectivity index (χ1) is 10.2. The van der Waals surface area contributed by atoms with Crippen molar-refractivity contribution in [3.8, 4) is 0 Å². The molecule has 1 aromatic carbocycles. The highest BCUT2D eigenvalue weighted by Gasteiger charge is 2.21. The topological polar surface area (TPSA) is 78.4 Å². The van der Waals surface area contributed by atoms with Gasteiger partial charge in [-0.1, -0.05) is 49.6 Å². The Hall–Kier alpha value is -2.04. The number of nitrogens with one attached hydrogen (secondary N) is 2. The Bertz CT molecular complexity index is 470. The van der Waals surface area contributed by atoms with Crippen LogP contribution in [0.1, 0.15) is 43.6 Å². The highest BCUT2D eigenvalue weighted by molar-refractivity contribution is 5.79. The van der Waals surface area contributed by atoms with Gasteiger partial charge in [-0.3, -0.25) is 4.79 Å². The van der Waals surface area contributed by atoms with Gasteiger partial charge >= 0.3 is 12.0 Å². The lowest BCUT2D eigenvalue weighted by atomic mass is 9.96. The van der Waals surface area contributed by atoms with Gasteiger partial charge in [0.1, 0.15) is 0 Å². The predicted octanol–water partition coefficient (Wildman–Crippen LogP) is 2.49. The summed E-state index contributed by atoms with van der Waals surface area (Å²) in [6.07, 6.45) is 5.54. The van der Waals surface area contributed by atoms with E-state index in [0.29, 0.717) is 5.56 Å². The first-order valence-corrected chi connectivity index (χ1v) is 7.49. The molecule has 1 atom stereocenters. The van der Waals surface area contributed by atoms with Crippen LogP contribution < -0.4 is 10.6 Å². The molecule has 2 rings (SSSR count). The predicted molar refractivity (Wildman–Crippen MR) is 80.2 cm³/mol. The van der Waals surface area contributed by atoms with Crippen molar-refractivity contribution in [1.82, 2.24) is 10.6 Å². The third kappa shape index (κ3) is 4.77. The molecule has 0 aromatic heterocycles. The Morgan fingerprint density at radius 3 is 2.43 bits per heavy atom. The van der Waals surface area contributed by atoms with Crippen molar-refractivity contribution in [2.75, 3.05) is 6.54 Å². The van der Waals surface area contributed by atoms with Crippen LogP contribution in [0.2, 0.25) is 0 Å². The first-order valence-electron chi connectivity index (χ1n) is 7.49. The minimum absolute atomic E-state index is 0.0951. The molecule has 0 spiro atoms. The van der Waals surface area contributed by atoms with Crippen molar-refractivity contribution < 1.29 is 14.7 Å². The lowest BCUT2D eigenvalue weighted by molar-refractivity contribution is -0.138. The van der Waals surface area contributed by atoms with Gasteiger partial charge in [0.15, 0.2) is 0 Å². The Morgan fingerprint density at radius 2 is 1.81 bits per heavy atom. The molecule has 0 bridgehead atoms. The van der Waals surface area contributed by atoms with Gasteiger partial charge in [-0.2, -0.15) is 0 Å². The van der Waals surface area contributed by atoms with Crippen molar-refractivity contribution >= 4 is 12.0 Å². The quantitative estimate of drug-likeness (QED) is 0.779. The summed E-state index contributed by atoms with van der Waals surface area (Å²) in [4.78, 5) is 23.2. The average molecular weight is 290 g/mol. The molecule has 1 fully saturated rings. The third-order valence-corrected chi connectivity index (χ3v) is 3.91. The van der Waals surface area contributed by atoms with E-state index in [-0.39, 0.29) is 18.6 Å². The van der Waals surface area contributed by atoms with Gasteiger partial charge < -0.3 is 15.7 Å². The molecule has 1 unspecified atom stereocenters. The van der Waals surface area contributed by atoms with Gasteiger partial charge in [0, 0.05) is 12.6 Å². The van der Waals surface area contributed by atoms with Crippen LogP contribution in [-0.2, 0) is 4.79 Å². The second-order valence-electron chi connectivity index (χ2n) is 5.49. The number of urea groups is 1. The first kappa shape index (κ1) is 15.4. The van der Waals surface area contributed by atoms with E-state index in [4.69, 9.17) is 0 Å². The number of hydrogen-bond donors (Lipinski definition) is 3. The van der Waals surface area contributed by atoms with Crippen molar-refractivity contribution in [2.45, 2.75) is 44.1 Å². The number of hydrogen-bond acceptors (Lipinski definition) is 2. The highest BCUT2D eigenvalue weighted by Crippen LogP contribution is 2.17. The summed E-state index contributed by atoms with van der Waals surface area (Å²) >= 11 is 0. The van der Waals surface area contributed by atoms with Crippen LogP contribution in [0, 0.1) is 0 Å². The number of rotatable bonds is 5. The summed E-state index contributed by atoms with van der Waals surface area (Å²) in [5, 5.41) is 14.9. The molecule has 5 nitrogen and oxygen atoms in total. The molecular formula is C16H22N2O3. The maximum Gasteiger partial charge on any atom is 0.315 e. The normalized spacial score (nSPS) is 17.0. The van der Waals surface area contributed by atoms with Gasteiger partial charge in [-0.05, 0) is 18.4 Å². The number of carboxylic acid groups (broad SMARTS) is 1. The van der Waals surface area contributed by atoms with Crippen LogP contribution in [0.5, 0.6) is 0 Å². The molecule has 21 heavy (non-hydrogen) atoms. The molecule has 2 amide bonds. The molecule has 0 saturated heterocycles. The van der Waals surface area contributed by atoms with E-state index in [2.05, 4.69) is 10.6 Å². The van der Waals surface area contributed by atoms with E-state index >= 15 is 0 Å². The van der Waals surface area contributed by atoms with Crippen LogP contribution in [0.25, 0.3) is 0 Å². The van der Waals surface area contributed by atoms with Crippen molar-refractivity contribution in [3.05, 3.63) is 35.9 Å². The van der Waals surface area contributed by atoms with Crippen molar-refractivity contribution in [1.29, 1.82) is 0 Å². The summed E-state index contributed by atoms with van der Waals surface area (Å²) in [5.41, 5.74) is 0.697. The summed E-state index contributed by atoms with van der Waals surface area (Å²) in [7, 11) is 0. The van der Waals surface area contributed by atoms with Crippen LogP contribution in [0.3, 0.4) is 0 Å². The minimum atomic E-state index is -0.931. The molecule has 0 aliphatic heterocycles. The Kier molecular flexibility index (Phi) is 5.60. The summed E-state index contributed by atoms with van der Waals surface area (Å²) in [6, 6.07) is 8.91. The van der Waals surface area contributed by atoms with Gasteiger partial charge in [0.05, 0.1) is 5.92 Å². The third-order valence-electron chi connectivity index (χ3n) is 3.91. The molecule has 1 aromatic rings. The fourth-order valence-electron chi connectivity index (χ4n) is 2.71. The maximum absolute atomic E-state index is 11.9. The van der Waals surface area contributed by atoms with Gasteiger partial charge in [-0.25, -0.2) is 4.79 Å². The molecule has 0 heterocycles. The molecule has 3 N–H and O–H groups in total. The van der Waals surface area contributed by atoms with Crippen LogP contribution in [0.4, 0.5) is 4.79 Å². The van der Waals surface area contributed by atoms with Gasteiger partial charge in [0.2, 0.25) is 0 Å². The second kappa shape index (κ2) is 7.67. The monoisotopic (exact) mass is 290 g/mol. The van der Waals surface area contributed by atoms with Crippen molar-refractivity contribution in [3.63, 3.8) is 0 Å². The molecule has 5 heteroatoms. The zero-order valence-electron chi connectivity index (χ0n) is 12.0. The lowest BCUT2D eigenvalue weighted by Crippen LogP contribution is -2.44. The fourth-order valence-corrected chi connectivity index (χ4v) is 2.71. The van der Waals surface area contributed by atoms with Crippen LogP contribution in [0.15, 0.2) is 30.3 Å². The van der Waals surface area contributed by atoms with Crippen molar-refractivity contribution in [2.24, 2.45) is 0 Å². The summed E-state index contributed by atoms with van der Waals surface area (Å²) in [5.74, 6) is -1.65. The highest BCUT2D eigenvalue weighted by atomic mass is 16.4. The van der Waals surface area contributed by atoms with E-state index in [1.54, 1.807) is 24.3 Å². The molecule has 1 aliphatic rings. The molecular weight excluding hydrogens is 268 g/mol. The standard InChI is InChI=1S/C16H22N2O3/c19-15(20)14(12-7-3-1-4-8-12)11-17-16(21)18-13-9-5-2-6-10-13/h1,3-4,7-8,13-14H,2,5-6,9-11H2,(H,19,20)(H2,17,18,21). The zero-order chi connectivity index (χ0) is 15.1. The van der Waals surface area contributed by atoms with E-state index in [0.717, 1.165) is 25.7 Å². The number of carbonyl (C=O) groups excluding carboxylic acids is 1. The lowest BCUT2D eigenvalue weighted by Gasteiger charge is -2.23. The van der Waals surface area contributed by atoms with Gasteiger partial charge in [0.25, 0.3) is 0 Å². The largest absolute Gasteiger partial charge is 0.481 e. The van der Waals surface area contributed by atoms with E-state index in [9.17, 15) is 14.7 Å². The fraction of sp³-hybridized carbons (Fsp3) is 0.500. The molecule has 114 valence electrons. The Balaban J connectivity index is 1.84. The SMILES string of the molecule is O=C(NCC(C(=O)O)c1ccccc1)NC1CCCCC1. The number of benzene rings is 1. The summed E-state index contributed by atoms with van der Waals surface area (Å²) < 4.78 is 0. The van der Waals surface area contributed by atoms with E-state index in [1.165, 1.54) is 6.42 Å². The zero-order valence-corrected chi connectivity index (χ0v) is 12.0. The number of aliphatic carboxylic acids is 1. The Morgan fingerprint density at radius 1 is 1.14 bits per heavy atom.